The smallest absolute Gasteiger partial charge is 0.407 e. The predicted molar refractivity (Wildman–Crippen MR) is 111 cm³/mol. The van der Waals surface area contributed by atoms with Gasteiger partial charge in [-0.3, -0.25) is 9.89 Å². The molecule has 1 aromatic carbocycles. The second-order valence-electron chi connectivity index (χ2n) is 8.28. The summed E-state index contributed by atoms with van der Waals surface area (Å²) in [5.74, 6) is -1.41. The van der Waals surface area contributed by atoms with Crippen LogP contribution in [0.3, 0.4) is 0 Å². The van der Waals surface area contributed by atoms with Crippen molar-refractivity contribution in [1.29, 1.82) is 0 Å². The lowest BCUT2D eigenvalue weighted by Gasteiger charge is -2.23. The molecular weight excluding hydrogens is 422 g/mol. The number of alkyl carbamates (subject to hydrolysis) is 1. The molecule has 1 saturated carbocycles. The van der Waals surface area contributed by atoms with E-state index in [2.05, 4.69) is 20.8 Å². The van der Waals surface area contributed by atoms with E-state index in [1.54, 1.807) is 6.07 Å². The van der Waals surface area contributed by atoms with E-state index in [1.807, 2.05) is 0 Å². The third-order valence-corrected chi connectivity index (χ3v) is 5.79. The average Bonchev–Trinajstić information content (AvgIpc) is 3.37. The van der Waals surface area contributed by atoms with E-state index in [0.29, 0.717) is 25.5 Å². The van der Waals surface area contributed by atoms with Crippen molar-refractivity contribution in [1.82, 2.24) is 15.5 Å². The first-order valence-corrected chi connectivity index (χ1v) is 10.8. The Kier molecular flexibility index (Phi) is 6.99. The van der Waals surface area contributed by atoms with Crippen LogP contribution in [-0.2, 0) is 20.7 Å². The molecule has 1 saturated heterocycles. The summed E-state index contributed by atoms with van der Waals surface area (Å²) in [6, 6.07) is 4.83. The van der Waals surface area contributed by atoms with E-state index in [4.69, 9.17) is 9.47 Å². The van der Waals surface area contributed by atoms with Gasteiger partial charge in [-0.05, 0) is 49.8 Å². The van der Waals surface area contributed by atoms with Gasteiger partial charge in [-0.15, -0.1) is 0 Å². The number of rotatable bonds is 6. The number of anilines is 1. The fourth-order valence-corrected chi connectivity index (χ4v) is 4.22. The number of aromatic amines is 1. The van der Waals surface area contributed by atoms with Gasteiger partial charge in [0.1, 0.15) is 17.7 Å². The topological polar surface area (TPSA) is 105 Å². The van der Waals surface area contributed by atoms with Crippen LogP contribution in [0.15, 0.2) is 24.3 Å². The molecule has 1 aliphatic carbocycles. The Bertz CT molecular complexity index is 941. The highest BCUT2D eigenvalue weighted by Crippen LogP contribution is 2.35. The summed E-state index contributed by atoms with van der Waals surface area (Å²) < 4.78 is 37.4. The van der Waals surface area contributed by atoms with Crippen molar-refractivity contribution in [2.75, 3.05) is 18.5 Å². The van der Waals surface area contributed by atoms with E-state index in [1.165, 1.54) is 0 Å². The zero-order chi connectivity index (χ0) is 22.5. The number of nitrogens with zero attached hydrogens (tertiary/aromatic N) is 1. The Hall–Kier alpha value is -3.01. The minimum Gasteiger partial charge on any atom is -0.446 e. The van der Waals surface area contributed by atoms with Crippen molar-refractivity contribution in [3.8, 4) is 0 Å². The number of H-pyrrole nitrogens is 1. The molecule has 2 heterocycles. The van der Waals surface area contributed by atoms with E-state index >= 15 is 0 Å². The molecule has 0 bridgehead atoms. The van der Waals surface area contributed by atoms with Gasteiger partial charge < -0.3 is 20.1 Å². The van der Waals surface area contributed by atoms with Crippen LogP contribution >= 0.6 is 0 Å². The summed E-state index contributed by atoms with van der Waals surface area (Å²) >= 11 is 0. The Morgan fingerprint density at radius 1 is 1.09 bits per heavy atom. The summed E-state index contributed by atoms with van der Waals surface area (Å²) in [6.07, 6.45) is 3.08. The van der Waals surface area contributed by atoms with Crippen molar-refractivity contribution in [3.63, 3.8) is 0 Å². The van der Waals surface area contributed by atoms with Crippen LogP contribution < -0.4 is 10.6 Å². The van der Waals surface area contributed by atoms with E-state index in [-0.39, 0.29) is 30.0 Å². The van der Waals surface area contributed by atoms with Gasteiger partial charge >= 0.3 is 6.09 Å². The molecule has 3 N–H and O–H groups in total. The van der Waals surface area contributed by atoms with Gasteiger partial charge in [-0.1, -0.05) is 0 Å². The number of ether oxygens (including phenoxy) is 2. The Labute approximate surface area is 184 Å². The lowest BCUT2D eigenvalue weighted by Crippen LogP contribution is -2.40. The third-order valence-electron chi connectivity index (χ3n) is 5.79. The molecule has 2 aromatic rings. The summed E-state index contributed by atoms with van der Waals surface area (Å²) in [5.41, 5.74) is 1.08. The molecule has 0 unspecified atom stereocenters. The average molecular weight is 448 g/mol. The normalized spacial score (nSPS) is 21.3. The highest BCUT2D eigenvalue weighted by Gasteiger charge is 2.30. The second kappa shape index (κ2) is 10.1. The van der Waals surface area contributed by atoms with Crippen molar-refractivity contribution < 1.29 is 27.8 Å². The fraction of sp³-hybridized carbons (Fsp3) is 0.500. The first kappa shape index (κ1) is 22.2. The molecule has 2 amide bonds. The SMILES string of the molecule is O=C(Cc1cc(F)cc(F)c1)Nc1cc([C@H]2CC[C@@H](OC(=O)NC3CCOCC3)C2)[nH]n1. The van der Waals surface area contributed by atoms with E-state index in [0.717, 1.165) is 49.6 Å². The monoisotopic (exact) mass is 448 g/mol. The molecule has 2 atom stereocenters. The number of benzene rings is 1. The Morgan fingerprint density at radius 3 is 2.59 bits per heavy atom. The standard InChI is InChI=1S/C22H26F2N4O4/c23-15-7-13(8-16(24)11-15)9-21(29)26-20-12-19(27-28-20)14-1-2-18(10-14)32-22(30)25-17-3-5-31-6-4-17/h7-8,11-12,14,17-18H,1-6,9-10H2,(H,25,30)(H2,26,27,28,29)/t14-,18+/m0/s1. The summed E-state index contributed by atoms with van der Waals surface area (Å²) in [5, 5.41) is 12.6. The van der Waals surface area contributed by atoms with Crippen LogP contribution in [0, 0.1) is 11.6 Å². The molecule has 32 heavy (non-hydrogen) atoms. The summed E-state index contributed by atoms with van der Waals surface area (Å²) in [6.45, 7) is 1.29. The number of nitrogens with one attached hydrogen (secondary N) is 3. The molecule has 0 radical (unpaired) electrons. The summed E-state index contributed by atoms with van der Waals surface area (Å²) in [4.78, 5) is 24.3. The summed E-state index contributed by atoms with van der Waals surface area (Å²) in [7, 11) is 0. The molecule has 4 rings (SSSR count). The van der Waals surface area contributed by atoms with Gasteiger partial charge in [0.05, 0.1) is 6.42 Å². The van der Waals surface area contributed by atoms with Crippen LogP contribution in [0.25, 0.3) is 0 Å². The highest BCUT2D eigenvalue weighted by molar-refractivity contribution is 5.91. The quantitative estimate of drug-likeness (QED) is 0.628. The number of halogens is 2. The number of carbonyl (C=O) groups is 2. The molecule has 1 aliphatic heterocycles. The number of hydrogen-bond donors (Lipinski definition) is 3. The van der Waals surface area contributed by atoms with Crippen LogP contribution in [-0.4, -0.2) is 47.6 Å². The largest absolute Gasteiger partial charge is 0.446 e. The molecule has 10 heteroatoms. The van der Waals surface area contributed by atoms with Crippen molar-refractivity contribution in [2.45, 2.75) is 56.6 Å². The van der Waals surface area contributed by atoms with E-state index < -0.39 is 23.6 Å². The van der Waals surface area contributed by atoms with Crippen molar-refractivity contribution in [2.24, 2.45) is 0 Å². The molecule has 8 nitrogen and oxygen atoms in total. The van der Waals surface area contributed by atoms with E-state index in [9.17, 15) is 18.4 Å². The number of carbonyl (C=O) groups excluding carboxylic acids is 2. The first-order chi connectivity index (χ1) is 15.4. The number of hydrogen-bond acceptors (Lipinski definition) is 5. The molecule has 2 fully saturated rings. The fourth-order valence-electron chi connectivity index (χ4n) is 4.22. The molecule has 2 aliphatic rings. The van der Waals surface area contributed by atoms with Crippen LogP contribution in [0.2, 0.25) is 0 Å². The van der Waals surface area contributed by atoms with Crippen molar-refractivity contribution in [3.05, 3.63) is 47.2 Å². The maximum absolute atomic E-state index is 13.3. The minimum atomic E-state index is -0.727. The minimum absolute atomic E-state index is 0.0936. The Morgan fingerprint density at radius 2 is 1.84 bits per heavy atom. The lowest BCUT2D eigenvalue weighted by molar-refractivity contribution is -0.115. The maximum atomic E-state index is 13.3. The van der Waals surface area contributed by atoms with Crippen LogP contribution in [0.4, 0.5) is 19.4 Å². The molecule has 1 aromatic heterocycles. The van der Waals surface area contributed by atoms with Gasteiger partial charge in [-0.2, -0.15) is 5.10 Å². The van der Waals surface area contributed by atoms with Gasteiger partial charge in [0.25, 0.3) is 0 Å². The van der Waals surface area contributed by atoms with Crippen LogP contribution in [0.1, 0.15) is 49.3 Å². The molecular formula is C22H26F2N4O4. The van der Waals surface area contributed by atoms with Crippen LogP contribution in [0.5, 0.6) is 0 Å². The third kappa shape index (κ3) is 6.03. The second-order valence-corrected chi connectivity index (χ2v) is 8.28. The number of amides is 2. The van der Waals surface area contributed by atoms with Gasteiger partial charge in [0, 0.05) is 43.0 Å². The predicted octanol–water partition coefficient (Wildman–Crippen LogP) is 3.41. The zero-order valence-corrected chi connectivity index (χ0v) is 17.5. The first-order valence-electron chi connectivity index (χ1n) is 10.8. The highest BCUT2D eigenvalue weighted by atomic mass is 19.1. The van der Waals surface area contributed by atoms with Gasteiger partial charge in [0.15, 0.2) is 5.82 Å². The zero-order valence-electron chi connectivity index (χ0n) is 17.5. The Balaban J connectivity index is 1.24. The van der Waals surface area contributed by atoms with Gasteiger partial charge in [0.2, 0.25) is 5.91 Å². The number of aromatic nitrogens is 2. The van der Waals surface area contributed by atoms with Crippen molar-refractivity contribution >= 4 is 17.8 Å². The maximum Gasteiger partial charge on any atom is 0.407 e. The lowest BCUT2D eigenvalue weighted by atomic mass is 10.0. The molecule has 0 spiro atoms. The van der Waals surface area contributed by atoms with Gasteiger partial charge in [-0.25, -0.2) is 13.6 Å². The molecule has 172 valence electrons.